The lowest BCUT2D eigenvalue weighted by molar-refractivity contribution is 0.0472. The van der Waals surface area contributed by atoms with Gasteiger partial charge in [0.15, 0.2) is 0 Å². The van der Waals surface area contributed by atoms with Crippen LogP contribution in [0.2, 0.25) is 0 Å². The highest BCUT2D eigenvalue weighted by molar-refractivity contribution is 9.08. The van der Waals surface area contributed by atoms with Gasteiger partial charge in [-0.3, -0.25) is 0 Å². The fourth-order valence-corrected chi connectivity index (χ4v) is 5.43. The number of carbonyl (C=O) groups is 2. The fraction of sp³-hybridized carbons (Fsp3) is 0.0698. The molecule has 50 heavy (non-hydrogen) atoms. The van der Waals surface area contributed by atoms with Gasteiger partial charge in [0.05, 0.1) is 11.1 Å². The van der Waals surface area contributed by atoms with Crippen molar-refractivity contribution in [1.82, 2.24) is 0 Å². The number of benzene rings is 7. The minimum Gasteiger partial charge on any atom is -0.478 e. The lowest BCUT2D eigenvalue weighted by Gasteiger charge is -2.09. The van der Waals surface area contributed by atoms with Gasteiger partial charge in [0.25, 0.3) is 0 Å². The van der Waals surface area contributed by atoms with Gasteiger partial charge in [-0.2, -0.15) is 0 Å². The van der Waals surface area contributed by atoms with E-state index < -0.39 is 5.97 Å². The van der Waals surface area contributed by atoms with E-state index in [1.807, 2.05) is 109 Å². The van der Waals surface area contributed by atoms with Crippen LogP contribution >= 0.6 is 15.9 Å². The summed E-state index contributed by atoms with van der Waals surface area (Å²) in [5.41, 5.74) is 11.7. The van der Waals surface area contributed by atoms with Crippen molar-refractivity contribution in [3.63, 3.8) is 0 Å². The first-order valence-corrected chi connectivity index (χ1v) is 17.2. The number of anilines is 2. The van der Waals surface area contributed by atoms with Crippen LogP contribution in [0.1, 0.15) is 37.4 Å². The number of ether oxygens (including phenoxy) is 1. The van der Waals surface area contributed by atoms with Crippen LogP contribution in [0.3, 0.4) is 0 Å². The Hall–Kier alpha value is -5.92. The molecule has 0 spiro atoms. The van der Waals surface area contributed by atoms with Crippen LogP contribution in [0.25, 0.3) is 21.5 Å². The molecule has 7 heteroatoms. The fourth-order valence-electron chi connectivity index (χ4n) is 5.05. The van der Waals surface area contributed by atoms with Crippen molar-refractivity contribution in [2.24, 2.45) is 0 Å². The molecule has 6 nitrogen and oxygen atoms in total. The van der Waals surface area contributed by atoms with Crippen molar-refractivity contribution >= 4 is 60.8 Å². The summed E-state index contributed by atoms with van der Waals surface area (Å²) in [6.45, 7) is 1.05. The van der Waals surface area contributed by atoms with Crippen LogP contribution in [0.15, 0.2) is 164 Å². The van der Waals surface area contributed by atoms with Crippen molar-refractivity contribution in [1.29, 1.82) is 0 Å². The Labute approximate surface area is 300 Å². The van der Waals surface area contributed by atoms with E-state index in [0.29, 0.717) is 16.8 Å². The summed E-state index contributed by atoms with van der Waals surface area (Å²) in [6, 6.07) is 52.4. The van der Waals surface area contributed by atoms with Crippen molar-refractivity contribution in [2.45, 2.75) is 18.5 Å². The van der Waals surface area contributed by atoms with Gasteiger partial charge >= 0.3 is 11.9 Å². The zero-order valence-corrected chi connectivity index (χ0v) is 28.9. The number of hydrogen-bond acceptors (Lipinski definition) is 5. The molecule has 0 saturated carbocycles. The molecular weight excluding hydrogens is 688 g/mol. The number of esters is 1. The van der Waals surface area contributed by atoms with Gasteiger partial charge in [-0.25, -0.2) is 9.59 Å². The van der Waals surface area contributed by atoms with Crippen LogP contribution in [0, 0.1) is 0 Å². The summed E-state index contributed by atoms with van der Waals surface area (Å²) in [6.07, 6.45) is 0. The minimum atomic E-state index is -0.913. The molecule has 250 valence electrons. The molecule has 0 aliphatic rings. The largest absolute Gasteiger partial charge is 0.478 e. The number of fused-ring (bicyclic) bond motifs is 2. The van der Waals surface area contributed by atoms with Gasteiger partial charge in [0.2, 0.25) is 0 Å². The van der Waals surface area contributed by atoms with Crippen LogP contribution in [-0.4, -0.2) is 17.0 Å². The van der Waals surface area contributed by atoms with Gasteiger partial charge in [0.1, 0.15) is 6.61 Å². The highest BCUT2D eigenvalue weighted by atomic mass is 79.9. The van der Waals surface area contributed by atoms with Crippen LogP contribution < -0.4 is 11.1 Å². The Balaban J connectivity index is 0.000000181. The van der Waals surface area contributed by atoms with E-state index in [9.17, 15) is 9.59 Å². The number of aromatic carboxylic acids is 1. The van der Waals surface area contributed by atoms with Gasteiger partial charge in [0, 0.05) is 23.2 Å². The van der Waals surface area contributed by atoms with Crippen LogP contribution in [0.5, 0.6) is 0 Å². The number of nitrogens with two attached hydrogens (primary N) is 1. The van der Waals surface area contributed by atoms with Crippen molar-refractivity contribution < 1.29 is 19.4 Å². The van der Waals surface area contributed by atoms with Crippen LogP contribution in [0.4, 0.5) is 11.4 Å². The summed E-state index contributed by atoms with van der Waals surface area (Å²) in [7, 11) is 0. The smallest absolute Gasteiger partial charge is 0.338 e. The summed E-state index contributed by atoms with van der Waals surface area (Å²) < 4.78 is 5.42. The third-order valence-electron chi connectivity index (χ3n) is 7.74. The number of carboxylic acids is 1. The van der Waals surface area contributed by atoms with E-state index in [-0.39, 0.29) is 12.6 Å². The minimum absolute atomic E-state index is 0.278. The first-order valence-electron chi connectivity index (χ1n) is 16.0. The van der Waals surface area contributed by atoms with Gasteiger partial charge in [-0.1, -0.05) is 131 Å². The Kier molecular flexibility index (Phi) is 12.7. The van der Waals surface area contributed by atoms with E-state index in [2.05, 4.69) is 51.6 Å². The first-order chi connectivity index (χ1) is 24.4. The number of carboxylic acid groups (broad SMARTS) is 1. The molecule has 0 atom stereocenters. The molecule has 0 bridgehead atoms. The lowest BCUT2D eigenvalue weighted by Crippen LogP contribution is -2.05. The second kappa shape index (κ2) is 18.0. The zero-order chi connectivity index (χ0) is 35.1. The molecular formula is C43H37BrN2O4. The maximum absolute atomic E-state index is 12.4. The zero-order valence-electron chi connectivity index (χ0n) is 27.3. The lowest BCUT2D eigenvalue weighted by atomic mass is 10.1. The van der Waals surface area contributed by atoms with Crippen molar-refractivity contribution in [3.05, 3.63) is 192 Å². The predicted molar refractivity (Wildman–Crippen MR) is 208 cm³/mol. The molecule has 0 heterocycles. The SMILES string of the molecule is BrCc1ccccc1.Nc1ccc2cc(C(=O)O)ccc2c1.O=C(OCc1ccccc1)c1ccc2cc(NCc3ccccc3)ccc2c1. The summed E-state index contributed by atoms with van der Waals surface area (Å²) >= 11 is 3.36. The Morgan fingerprint density at radius 2 is 1.08 bits per heavy atom. The second-order valence-electron chi connectivity index (χ2n) is 11.4. The Morgan fingerprint density at radius 1 is 0.580 bits per heavy atom. The van der Waals surface area contributed by atoms with E-state index >= 15 is 0 Å². The Morgan fingerprint density at radius 3 is 1.68 bits per heavy atom. The summed E-state index contributed by atoms with van der Waals surface area (Å²) in [5, 5.41) is 17.1. The number of halogens is 1. The molecule has 0 aromatic heterocycles. The number of alkyl halides is 1. The first kappa shape index (κ1) is 35.4. The van der Waals surface area contributed by atoms with E-state index in [0.717, 1.165) is 44.7 Å². The Bertz CT molecular complexity index is 2160. The molecule has 0 aliphatic carbocycles. The standard InChI is InChI=1S/C25H21NO2.C11H9NO2.C7H7Br/c27-25(28-18-20-9-5-2-6-10-20)23-12-11-22-16-24(14-13-21(22)15-23)26-17-19-7-3-1-4-8-19;12-10-4-3-7-5-9(11(13)14)2-1-8(7)6-10;8-6-7-4-2-1-3-5-7/h1-16,26H,17-18H2;1-6H,12H2,(H,13,14);1-5H,6H2. The highest BCUT2D eigenvalue weighted by Gasteiger charge is 2.09. The van der Waals surface area contributed by atoms with E-state index in [4.69, 9.17) is 15.6 Å². The van der Waals surface area contributed by atoms with E-state index in [1.165, 1.54) is 11.1 Å². The molecule has 0 saturated heterocycles. The average Bonchev–Trinajstić information content (AvgIpc) is 3.17. The maximum Gasteiger partial charge on any atom is 0.338 e. The van der Waals surface area contributed by atoms with Gasteiger partial charge in [-0.05, 0) is 86.8 Å². The number of rotatable bonds is 8. The molecule has 0 aliphatic heterocycles. The molecule has 0 unspecified atom stereocenters. The number of nitrogens with one attached hydrogen (secondary N) is 1. The monoisotopic (exact) mass is 724 g/mol. The highest BCUT2D eigenvalue weighted by Crippen LogP contribution is 2.22. The summed E-state index contributed by atoms with van der Waals surface area (Å²) in [4.78, 5) is 23.0. The number of hydrogen-bond donors (Lipinski definition) is 3. The van der Waals surface area contributed by atoms with Gasteiger partial charge in [-0.15, -0.1) is 0 Å². The molecule has 0 fully saturated rings. The van der Waals surface area contributed by atoms with Gasteiger partial charge < -0.3 is 20.9 Å². The third-order valence-corrected chi connectivity index (χ3v) is 8.38. The topological polar surface area (TPSA) is 102 Å². The van der Waals surface area contributed by atoms with Crippen LogP contribution in [-0.2, 0) is 23.2 Å². The maximum atomic E-state index is 12.4. The molecule has 7 aromatic rings. The average molecular weight is 726 g/mol. The normalized spacial score (nSPS) is 10.3. The molecule has 0 radical (unpaired) electrons. The van der Waals surface area contributed by atoms with Crippen molar-refractivity contribution in [3.8, 4) is 0 Å². The quantitative estimate of drug-likeness (QED) is 0.0819. The van der Waals surface area contributed by atoms with Crippen molar-refractivity contribution in [2.75, 3.05) is 11.1 Å². The van der Waals surface area contributed by atoms with E-state index in [1.54, 1.807) is 24.3 Å². The molecule has 0 amide bonds. The summed E-state index contributed by atoms with van der Waals surface area (Å²) in [5.74, 6) is -1.22. The molecule has 7 aromatic carbocycles. The predicted octanol–water partition coefficient (Wildman–Crippen LogP) is 10.5. The molecule has 4 N–H and O–H groups in total. The second-order valence-corrected chi connectivity index (χ2v) is 12.0. The number of nitrogen functional groups attached to an aromatic ring is 1. The number of carbonyl (C=O) groups excluding carboxylic acids is 1. The third kappa shape index (κ3) is 10.5. The molecule has 7 rings (SSSR count).